The lowest BCUT2D eigenvalue weighted by Gasteiger charge is -2.27. The minimum atomic E-state index is 0.381. The van der Waals surface area contributed by atoms with Crippen molar-refractivity contribution in [3.63, 3.8) is 0 Å². The van der Waals surface area contributed by atoms with Crippen LogP contribution >= 0.6 is 11.3 Å². The van der Waals surface area contributed by atoms with Crippen molar-refractivity contribution in [2.45, 2.75) is 39.3 Å². The largest absolute Gasteiger partial charge is 0.292 e. The third-order valence-electron chi connectivity index (χ3n) is 4.66. The molecule has 4 heteroatoms. The fraction of sp³-hybridized carbons (Fsp3) is 0.333. The number of nitrogens with zero attached hydrogens (tertiary/aromatic N) is 3. The molecule has 2 aromatic heterocycles. The molecule has 0 amide bonds. The second-order valence-corrected chi connectivity index (χ2v) is 8.12. The zero-order valence-electron chi connectivity index (χ0n) is 14.8. The number of hydrogen-bond donors (Lipinski definition) is 0. The van der Waals surface area contributed by atoms with Crippen molar-refractivity contribution in [1.82, 2.24) is 14.9 Å². The second kappa shape index (κ2) is 7.06. The van der Waals surface area contributed by atoms with Crippen LogP contribution in [-0.4, -0.2) is 21.4 Å². The van der Waals surface area contributed by atoms with Crippen LogP contribution in [0.1, 0.15) is 41.7 Å². The monoisotopic (exact) mass is 349 g/mol. The molecule has 0 saturated carbocycles. The SMILES string of the molecule is CC(C)c1ncc2c(n1)CN(Cc1ccc(-c3ccccc3)s1)CC2. The molecule has 3 heterocycles. The average Bonchev–Trinajstić information content (AvgIpc) is 3.10. The fourth-order valence-electron chi connectivity index (χ4n) is 3.23. The first kappa shape index (κ1) is 16.4. The van der Waals surface area contributed by atoms with Crippen LogP contribution in [-0.2, 0) is 19.5 Å². The molecule has 3 nitrogen and oxygen atoms in total. The minimum Gasteiger partial charge on any atom is -0.292 e. The molecule has 25 heavy (non-hydrogen) atoms. The van der Waals surface area contributed by atoms with Gasteiger partial charge in [0.1, 0.15) is 5.82 Å². The molecule has 1 aliphatic rings. The number of fused-ring (bicyclic) bond motifs is 1. The molecule has 0 bridgehead atoms. The minimum absolute atomic E-state index is 0.381. The number of rotatable bonds is 4. The van der Waals surface area contributed by atoms with Gasteiger partial charge in [0.25, 0.3) is 0 Å². The molecule has 0 unspecified atom stereocenters. The summed E-state index contributed by atoms with van der Waals surface area (Å²) in [6.07, 6.45) is 3.08. The van der Waals surface area contributed by atoms with E-state index in [4.69, 9.17) is 4.98 Å². The van der Waals surface area contributed by atoms with Crippen molar-refractivity contribution >= 4 is 11.3 Å². The highest BCUT2D eigenvalue weighted by molar-refractivity contribution is 7.15. The molecule has 0 saturated heterocycles. The zero-order chi connectivity index (χ0) is 17.2. The molecule has 0 N–H and O–H groups in total. The summed E-state index contributed by atoms with van der Waals surface area (Å²) in [4.78, 5) is 14.6. The van der Waals surface area contributed by atoms with Crippen LogP contribution in [0.15, 0.2) is 48.7 Å². The summed E-state index contributed by atoms with van der Waals surface area (Å²) in [5, 5.41) is 0. The van der Waals surface area contributed by atoms with Gasteiger partial charge in [0, 0.05) is 41.5 Å². The summed E-state index contributed by atoms with van der Waals surface area (Å²) in [5.41, 5.74) is 3.83. The number of aromatic nitrogens is 2. The van der Waals surface area contributed by atoms with Crippen molar-refractivity contribution in [1.29, 1.82) is 0 Å². The van der Waals surface area contributed by atoms with Crippen LogP contribution in [0.4, 0.5) is 0 Å². The molecule has 128 valence electrons. The van der Waals surface area contributed by atoms with E-state index in [9.17, 15) is 0 Å². The summed E-state index contributed by atoms with van der Waals surface area (Å²) in [6, 6.07) is 15.1. The Kier molecular flexibility index (Phi) is 4.64. The van der Waals surface area contributed by atoms with Gasteiger partial charge in [-0.3, -0.25) is 4.90 Å². The van der Waals surface area contributed by atoms with Gasteiger partial charge in [0.2, 0.25) is 0 Å². The van der Waals surface area contributed by atoms with Gasteiger partial charge in [-0.1, -0.05) is 44.2 Å². The zero-order valence-corrected chi connectivity index (χ0v) is 15.6. The van der Waals surface area contributed by atoms with Crippen molar-refractivity contribution in [3.8, 4) is 10.4 Å². The highest BCUT2D eigenvalue weighted by Gasteiger charge is 2.19. The Morgan fingerprint density at radius 2 is 1.96 bits per heavy atom. The van der Waals surface area contributed by atoms with E-state index < -0.39 is 0 Å². The Morgan fingerprint density at radius 3 is 2.76 bits per heavy atom. The van der Waals surface area contributed by atoms with Crippen molar-refractivity contribution in [3.05, 3.63) is 70.6 Å². The van der Waals surface area contributed by atoms with E-state index in [1.54, 1.807) is 0 Å². The van der Waals surface area contributed by atoms with E-state index in [1.165, 1.54) is 26.6 Å². The van der Waals surface area contributed by atoms with Gasteiger partial charge >= 0.3 is 0 Å². The Morgan fingerprint density at radius 1 is 1.12 bits per heavy atom. The smallest absolute Gasteiger partial charge is 0.131 e. The van der Waals surface area contributed by atoms with Crippen LogP contribution < -0.4 is 0 Å². The summed E-state index contributed by atoms with van der Waals surface area (Å²) < 4.78 is 0. The summed E-state index contributed by atoms with van der Waals surface area (Å²) in [7, 11) is 0. The molecule has 0 radical (unpaired) electrons. The molecule has 0 atom stereocenters. The molecular weight excluding hydrogens is 326 g/mol. The molecule has 1 aromatic carbocycles. The summed E-state index contributed by atoms with van der Waals surface area (Å²) in [5.74, 6) is 1.34. The van der Waals surface area contributed by atoms with Gasteiger partial charge in [-0.15, -0.1) is 11.3 Å². The van der Waals surface area contributed by atoms with Crippen LogP contribution in [0.3, 0.4) is 0 Å². The Labute approximate surface area is 153 Å². The van der Waals surface area contributed by atoms with Gasteiger partial charge in [0.15, 0.2) is 0 Å². The van der Waals surface area contributed by atoms with Crippen LogP contribution in [0, 0.1) is 0 Å². The van der Waals surface area contributed by atoms with Gasteiger partial charge in [-0.05, 0) is 29.7 Å². The van der Waals surface area contributed by atoms with Crippen molar-refractivity contribution < 1.29 is 0 Å². The maximum atomic E-state index is 4.81. The van der Waals surface area contributed by atoms with Gasteiger partial charge in [-0.25, -0.2) is 9.97 Å². The number of thiophene rings is 1. The standard InChI is InChI=1S/C21H23N3S/c1-15(2)21-22-12-17-10-11-24(14-19(17)23-21)13-18-8-9-20(25-18)16-6-4-3-5-7-16/h3-9,12,15H,10-11,13-14H2,1-2H3. The second-order valence-electron chi connectivity index (χ2n) is 6.95. The highest BCUT2D eigenvalue weighted by Crippen LogP contribution is 2.29. The topological polar surface area (TPSA) is 29.0 Å². The van der Waals surface area contributed by atoms with Gasteiger partial charge in [0.05, 0.1) is 5.69 Å². The Balaban J connectivity index is 1.48. The lowest BCUT2D eigenvalue weighted by molar-refractivity contribution is 0.242. The lowest BCUT2D eigenvalue weighted by atomic mass is 10.1. The van der Waals surface area contributed by atoms with Crippen LogP contribution in [0.5, 0.6) is 0 Å². The summed E-state index contributed by atoms with van der Waals surface area (Å²) >= 11 is 1.89. The Bertz CT molecular complexity index is 855. The van der Waals surface area contributed by atoms with Crippen LogP contribution in [0.25, 0.3) is 10.4 Å². The lowest BCUT2D eigenvalue weighted by Crippen LogP contribution is -2.31. The maximum Gasteiger partial charge on any atom is 0.131 e. The predicted octanol–water partition coefficient (Wildman–Crippen LogP) is 4.89. The fourth-order valence-corrected chi connectivity index (χ4v) is 4.28. The van der Waals surface area contributed by atoms with E-state index >= 15 is 0 Å². The van der Waals surface area contributed by atoms with E-state index in [1.807, 2.05) is 17.5 Å². The number of benzene rings is 1. The van der Waals surface area contributed by atoms with Gasteiger partial charge in [-0.2, -0.15) is 0 Å². The van der Waals surface area contributed by atoms with E-state index in [-0.39, 0.29) is 0 Å². The predicted molar refractivity (Wildman–Crippen MR) is 104 cm³/mol. The van der Waals surface area contributed by atoms with Crippen molar-refractivity contribution in [2.24, 2.45) is 0 Å². The van der Waals surface area contributed by atoms with Crippen LogP contribution in [0.2, 0.25) is 0 Å². The first-order valence-electron chi connectivity index (χ1n) is 8.90. The first-order valence-corrected chi connectivity index (χ1v) is 9.72. The van der Waals surface area contributed by atoms with E-state index in [0.717, 1.165) is 31.9 Å². The number of hydrogen-bond acceptors (Lipinski definition) is 4. The molecule has 3 aromatic rings. The Hall–Kier alpha value is -2.04. The summed E-state index contributed by atoms with van der Waals surface area (Å²) in [6.45, 7) is 7.31. The molecule has 0 aliphatic carbocycles. The van der Waals surface area contributed by atoms with Crippen molar-refractivity contribution in [2.75, 3.05) is 6.54 Å². The maximum absolute atomic E-state index is 4.81. The molecule has 1 aliphatic heterocycles. The first-order chi connectivity index (χ1) is 12.2. The quantitative estimate of drug-likeness (QED) is 0.672. The van der Waals surface area contributed by atoms with Gasteiger partial charge < -0.3 is 0 Å². The van der Waals surface area contributed by atoms with E-state index in [0.29, 0.717) is 5.92 Å². The molecule has 4 rings (SSSR count). The highest BCUT2D eigenvalue weighted by atomic mass is 32.1. The third-order valence-corrected chi connectivity index (χ3v) is 5.78. The third kappa shape index (κ3) is 3.65. The molecular formula is C21H23N3S. The average molecular weight is 350 g/mol. The normalized spacial score (nSPS) is 14.7. The van der Waals surface area contributed by atoms with E-state index in [2.05, 4.69) is 66.2 Å². The molecule has 0 spiro atoms. The molecule has 0 fully saturated rings.